The standard InChI is InChI=1S/C17H13N3O4/c21-12-5-6-13(15(22)8-12)17(24)20-18-9-11-7-10-3-1-2-4-14(10)19-16(11)23/h1-9,21-22H,(H,19,23)(H,20,24)/b18-9+. The van der Waals surface area contributed by atoms with Crippen molar-refractivity contribution in [3.63, 3.8) is 0 Å². The van der Waals surface area contributed by atoms with Crippen LogP contribution >= 0.6 is 0 Å². The number of aromatic hydroxyl groups is 2. The maximum atomic E-state index is 11.9. The van der Waals surface area contributed by atoms with Crippen molar-refractivity contribution in [3.05, 3.63) is 70.0 Å². The molecule has 7 heteroatoms. The lowest BCUT2D eigenvalue weighted by atomic mass is 10.2. The van der Waals surface area contributed by atoms with E-state index in [2.05, 4.69) is 15.5 Å². The van der Waals surface area contributed by atoms with E-state index in [0.29, 0.717) is 5.52 Å². The molecule has 1 heterocycles. The zero-order valence-corrected chi connectivity index (χ0v) is 12.4. The number of hydrogen-bond donors (Lipinski definition) is 4. The highest BCUT2D eigenvalue weighted by Crippen LogP contribution is 2.22. The number of benzene rings is 2. The van der Waals surface area contributed by atoms with Crippen molar-refractivity contribution in [2.45, 2.75) is 0 Å². The maximum absolute atomic E-state index is 11.9. The third kappa shape index (κ3) is 3.09. The van der Waals surface area contributed by atoms with Gasteiger partial charge >= 0.3 is 0 Å². The van der Waals surface area contributed by atoms with Crippen LogP contribution in [0, 0.1) is 0 Å². The first kappa shape index (κ1) is 15.3. The van der Waals surface area contributed by atoms with E-state index in [9.17, 15) is 19.8 Å². The predicted molar refractivity (Wildman–Crippen MR) is 89.4 cm³/mol. The predicted octanol–water partition coefficient (Wildman–Crippen LogP) is 1.70. The van der Waals surface area contributed by atoms with Crippen LogP contribution in [0.3, 0.4) is 0 Å². The minimum absolute atomic E-state index is 0.0441. The first-order chi connectivity index (χ1) is 11.5. The summed E-state index contributed by atoms with van der Waals surface area (Å²) in [5.41, 5.74) is 2.83. The first-order valence-corrected chi connectivity index (χ1v) is 7.02. The fraction of sp³-hybridized carbons (Fsp3) is 0. The van der Waals surface area contributed by atoms with Crippen LogP contribution in [0.2, 0.25) is 0 Å². The highest BCUT2D eigenvalue weighted by molar-refractivity contribution is 5.97. The zero-order valence-electron chi connectivity index (χ0n) is 12.4. The fourth-order valence-corrected chi connectivity index (χ4v) is 2.19. The average Bonchev–Trinajstić information content (AvgIpc) is 2.55. The van der Waals surface area contributed by atoms with E-state index in [1.807, 2.05) is 18.2 Å². The third-order valence-corrected chi connectivity index (χ3v) is 3.38. The normalized spacial score (nSPS) is 11.0. The van der Waals surface area contributed by atoms with E-state index in [-0.39, 0.29) is 28.2 Å². The van der Waals surface area contributed by atoms with Crippen molar-refractivity contribution >= 4 is 23.0 Å². The summed E-state index contributed by atoms with van der Waals surface area (Å²) in [5, 5.41) is 23.4. The van der Waals surface area contributed by atoms with Gasteiger partial charge in [-0.15, -0.1) is 0 Å². The van der Waals surface area contributed by atoms with Gasteiger partial charge in [0.05, 0.1) is 17.3 Å². The number of carbonyl (C=O) groups is 1. The highest BCUT2D eigenvalue weighted by atomic mass is 16.3. The molecule has 0 spiro atoms. The summed E-state index contributed by atoms with van der Waals surface area (Å²) in [6.45, 7) is 0. The summed E-state index contributed by atoms with van der Waals surface area (Å²) in [4.78, 5) is 26.6. The van der Waals surface area contributed by atoms with Gasteiger partial charge in [0.15, 0.2) is 0 Å². The molecular formula is C17H13N3O4. The topological polar surface area (TPSA) is 115 Å². The Kier molecular flexibility index (Phi) is 3.98. The van der Waals surface area contributed by atoms with E-state index in [1.54, 1.807) is 12.1 Å². The number of H-pyrrole nitrogens is 1. The summed E-state index contributed by atoms with van der Waals surface area (Å²) in [5.74, 6) is -1.19. The minimum Gasteiger partial charge on any atom is -0.508 e. The number of aromatic amines is 1. The molecule has 1 aromatic heterocycles. The third-order valence-electron chi connectivity index (χ3n) is 3.38. The van der Waals surface area contributed by atoms with E-state index in [1.165, 1.54) is 18.3 Å². The molecule has 0 radical (unpaired) electrons. The SMILES string of the molecule is O=C(N/N=C/c1cc2ccccc2[nH]c1=O)c1ccc(O)cc1O. The van der Waals surface area contributed by atoms with Gasteiger partial charge in [0.2, 0.25) is 0 Å². The highest BCUT2D eigenvalue weighted by Gasteiger charge is 2.10. The van der Waals surface area contributed by atoms with Crippen LogP contribution in [0.25, 0.3) is 10.9 Å². The van der Waals surface area contributed by atoms with Gasteiger partial charge < -0.3 is 15.2 Å². The van der Waals surface area contributed by atoms with Crippen molar-refractivity contribution in [1.82, 2.24) is 10.4 Å². The van der Waals surface area contributed by atoms with Gasteiger partial charge in [0, 0.05) is 11.6 Å². The number of nitrogens with zero attached hydrogens (tertiary/aromatic N) is 1. The molecule has 2 aromatic carbocycles. The molecule has 0 bridgehead atoms. The summed E-state index contributed by atoms with van der Waals surface area (Å²) >= 11 is 0. The van der Waals surface area contributed by atoms with E-state index >= 15 is 0 Å². The molecule has 3 aromatic rings. The van der Waals surface area contributed by atoms with E-state index in [0.717, 1.165) is 11.5 Å². The largest absolute Gasteiger partial charge is 0.508 e. The lowest BCUT2D eigenvalue weighted by Gasteiger charge is -2.03. The quantitative estimate of drug-likeness (QED) is 0.434. The van der Waals surface area contributed by atoms with Crippen molar-refractivity contribution in [2.75, 3.05) is 0 Å². The molecule has 24 heavy (non-hydrogen) atoms. The second kappa shape index (κ2) is 6.25. The van der Waals surface area contributed by atoms with Crippen LogP contribution < -0.4 is 11.0 Å². The Morgan fingerprint density at radius 3 is 2.71 bits per heavy atom. The Labute approximate surface area is 135 Å². The number of fused-ring (bicyclic) bond motifs is 1. The van der Waals surface area contributed by atoms with E-state index in [4.69, 9.17) is 0 Å². The Hall–Kier alpha value is -3.61. The lowest BCUT2D eigenvalue weighted by molar-refractivity contribution is 0.0952. The molecule has 0 aliphatic carbocycles. The maximum Gasteiger partial charge on any atom is 0.275 e. The number of phenolic OH excluding ortho intramolecular Hbond substituents is 2. The van der Waals surface area contributed by atoms with Gasteiger partial charge in [-0.25, -0.2) is 5.43 Å². The monoisotopic (exact) mass is 323 g/mol. The molecule has 0 aliphatic heterocycles. The van der Waals surface area contributed by atoms with Crippen LogP contribution in [0.5, 0.6) is 11.5 Å². The van der Waals surface area contributed by atoms with Gasteiger partial charge in [0.1, 0.15) is 11.5 Å². The number of amides is 1. The molecule has 3 rings (SSSR count). The molecule has 0 saturated carbocycles. The number of rotatable bonds is 3. The Balaban J connectivity index is 1.80. The molecule has 0 unspecified atom stereocenters. The smallest absolute Gasteiger partial charge is 0.275 e. The van der Waals surface area contributed by atoms with Crippen molar-refractivity contribution < 1.29 is 15.0 Å². The molecule has 4 N–H and O–H groups in total. The number of hydrazone groups is 1. The Bertz CT molecular complexity index is 1010. The van der Waals surface area contributed by atoms with Crippen molar-refractivity contribution in [1.29, 1.82) is 0 Å². The van der Waals surface area contributed by atoms with E-state index < -0.39 is 5.91 Å². The van der Waals surface area contributed by atoms with Crippen LogP contribution in [-0.2, 0) is 0 Å². The molecule has 7 nitrogen and oxygen atoms in total. The number of phenols is 2. The lowest BCUT2D eigenvalue weighted by Crippen LogP contribution is -2.19. The fourth-order valence-electron chi connectivity index (χ4n) is 2.19. The van der Waals surface area contributed by atoms with Crippen molar-refractivity contribution in [3.8, 4) is 11.5 Å². The Morgan fingerprint density at radius 1 is 1.12 bits per heavy atom. The molecule has 0 aliphatic rings. The second-order valence-corrected chi connectivity index (χ2v) is 5.04. The molecule has 0 fully saturated rings. The first-order valence-electron chi connectivity index (χ1n) is 7.02. The summed E-state index contributed by atoms with van der Waals surface area (Å²) in [6.07, 6.45) is 1.22. The minimum atomic E-state index is -0.666. The number of para-hydroxylation sites is 1. The van der Waals surface area contributed by atoms with Gasteiger partial charge in [0.25, 0.3) is 11.5 Å². The van der Waals surface area contributed by atoms with Gasteiger partial charge in [-0.05, 0) is 29.7 Å². The summed E-state index contributed by atoms with van der Waals surface area (Å²) < 4.78 is 0. The van der Waals surface area contributed by atoms with Gasteiger partial charge in [-0.2, -0.15) is 5.10 Å². The van der Waals surface area contributed by atoms with Crippen molar-refractivity contribution in [2.24, 2.45) is 5.10 Å². The number of carbonyl (C=O) groups excluding carboxylic acids is 1. The van der Waals surface area contributed by atoms with Gasteiger partial charge in [-0.3, -0.25) is 9.59 Å². The average molecular weight is 323 g/mol. The number of aromatic nitrogens is 1. The van der Waals surface area contributed by atoms with Crippen LogP contribution in [0.15, 0.2) is 58.4 Å². The second-order valence-electron chi connectivity index (χ2n) is 5.04. The molecular weight excluding hydrogens is 310 g/mol. The molecule has 1 amide bonds. The summed E-state index contributed by atoms with van der Waals surface area (Å²) in [7, 11) is 0. The van der Waals surface area contributed by atoms with Gasteiger partial charge in [-0.1, -0.05) is 18.2 Å². The zero-order chi connectivity index (χ0) is 17.1. The van der Waals surface area contributed by atoms with Crippen LogP contribution in [-0.4, -0.2) is 27.3 Å². The molecule has 0 saturated heterocycles. The summed E-state index contributed by atoms with van der Waals surface area (Å²) in [6, 6.07) is 12.5. The molecule has 120 valence electrons. The van der Waals surface area contributed by atoms with Crippen LogP contribution in [0.4, 0.5) is 0 Å². The number of hydrogen-bond acceptors (Lipinski definition) is 5. The van der Waals surface area contributed by atoms with Crippen LogP contribution in [0.1, 0.15) is 15.9 Å². The number of pyridine rings is 1. The number of nitrogens with one attached hydrogen (secondary N) is 2. The Morgan fingerprint density at radius 2 is 1.92 bits per heavy atom. The molecule has 0 atom stereocenters.